The van der Waals surface area contributed by atoms with Crippen molar-refractivity contribution in [2.75, 3.05) is 6.61 Å². The Morgan fingerprint density at radius 3 is 2.79 bits per heavy atom. The second-order valence-electron chi connectivity index (χ2n) is 2.33. The van der Waals surface area contributed by atoms with Crippen LogP contribution in [0.1, 0.15) is 11.8 Å². The maximum atomic E-state index is 13.1. The van der Waals surface area contributed by atoms with Gasteiger partial charge in [0.2, 0.25) is 5.83 Å². The lowest BCUT2D eigenvalue weighted by Gasteiger charge is -1.99. The highest BCUT2D eigenvalue weighted by Gasteiger charge is 2.18. The van der Waals surface area contributed by atoms with Crippen LogP contribution >= 0.6 is 11.3 Å². The number of hydrogen-bond acceptors (Lipinski definition) is 3. The molecule has 0 N–H and O–H groups in total. The minimum Gasteiger partial charge on any atom is -0.461 e. The molecule has 0 atom stereocenters. The number of esters is 1. The molecule has 0 saturated carbocycles. The van der Waals surface area contributed by atoms with Crippen molar-refractivity contribution < 1.29 is 18.3 Å². The fourth-order valence-corrected chi connectivity index (χ4v) is 1.45. The quantitative estimate of drug-likeness (QED) is 0.576. The first-order chi connectivity index (χ1) is 6.66. The monoisotopic (exact) mass is 218 g/mol. The molecule has 1 heterocycles. The van der Waals surface area contributed by atoms with E-state index >= 15 is 0 Å². The zero-order valence-electron chi connectivity index (χ0n) is 7.42. The van der Waals surface area contributed by atoms with Crippen LogP contribution in [0.2, 0.25) is 0 Å². The Morgan fingerprint density at radius 2 is 2.29 bits per heavy atom. The molecule has 0 bridgehead atoms. The summed E-state index contributed by atoms with van der Waals surface area (Å²) in [4.78, 5) is 10.9. The van der Waals surface area contributed by atoms with Gasteiger partial charge in [-0.3, -0.25) is 0 Å². The van der Waals surface area contributed by atoms with Crippen molar-refractivity contribution in [3.05, 3.63) is 28.2 Å². The van der Waals surface area contributed by atoms with Gasteiger partial charge in [0.15, 0.2) is 5.83 Å². The van der Waals surface area contributed by atoms with Gasteiger partial charge in [0.25, 0.3) is 0 Å². The molecule has 1 aromatic heterocycles. The van der Waals surface area contributed by atoms with E-state index in [2.05, 4.69) is 4.74 Å². The molecular formula is C9H8F2O2S. The van der Waals surface area contributed by atoms with E-state index in [0.717, 1.165) is 11.3 Å². The summed E-state index contributed by atoms with van der Waals surface area (Å²) in [5.41, 5.74) is 0. The van der Waals surface area contributed by atoms with Gasteiger partial charge >= 0.3 is 5.97 Å². The van der Waals surface area contributed by atoms with Crippen molar-refractivity contribution in [2.24, 2.45) is 0 Å². The largest absolute Gasteiger partial charge is 0.461 e. The summed E-state index contributed by atoms with van der Waals surface area (Å²) >= 11 is 1.01. The van der Waals surface area contributed by atoms with E-state index in [4.69, 9.17) is 0 Å². The average molecular weight is 218 g/mol. The van der Waals surface area contributed by atoms with E-state index in [1.54, 1.807) is 11.4 Å². The van der Waals surface area contributed by atoms with Gasteiger partial charge in [0.05, 0.1) is 11.5 Å². The number of hydrogen-bond donors (Lipinski definition) is 0. The first-order valence-electron chi connectivity index (χ1n) is 3.93. The summed E-state index contributed by atoms with van der Waals surface area (Å²) < 4.78 is 30.4. The van der Waals surface area contributed by atoms with E-state index in [9.17, 15) is 13.6 Å². The van der Waals surface area contributed by atoms with Gasteiger partial charge in [-0.25, -0.2) is 9.18 Å². The van der Waals surface area contributed by atoms with Crippen molar-refractivity contribution in [3.8, 4) is 0 Å². The Balaban J connectivity index is 2.88. The Labute approximate surface area is 83.8 Å². The predicted molar refractivity (Wildman–Crippen MR) is 50.1 cm³/mol. The molecule has 1 aromatic rings. The molecule has 0 saturated heterocycles. The van der Waals surface area contributed by atoms with E-state index in [0.29, 0.717) is 0 Å². The van der Waals surface area contributed by atoms with E-state index in [1.165, 1.54) is 13.0 Å². The molecule has 0 aliphatic carbocycles. The fraction of sp³-hybridized carbons (Fsp3) is 0.222. The lowest BCUT2D eigenvalue weighted by Crippen LogP contribution is -2.05. The Hall–Kier alpha value is -1.23. The second kappa shape index (κ2) is 4.85. The maximum absolute atomic E-state index is 13.1. The van der Waals surface area contributed by atoms with E-state index < -0.39 is 17.6 Å². The van der Waals surface area contributed by atoms with Crippen LogP contribution in [0.5, 0.6) is 0 Å². The maximum Gasteiger partial charge on any atom is 0.370 e. The average Bonchev–Trinajstić information content (AvgIpc) is 2.68. The summed E-state index contributed by atoms with van der Waals surface area (Å²) in [6, 6.07) is 2.96. The van der Waals surface area contributed by atoms with Crippen LogP contribution in [0.3, 0.4) is 0 Å². The highest BCUT2D eigenvalue weighted by Crippen LogP contribution is 2.25. The summed E-state index contributed by atoms with van der Waals surface area (Å²) in [5, 5.41) is 1.59. The molecule has 0 aromatic carbocycles. The lowest BCUT2D eigenvalue weighted by molar-refractivity contribution is -0.140. The SMILES string of the molecule is CCOC(=O)C(F)=C(F)c1cccs1. The number of halogens is 2. The first-order valence-corrected chi connectivity index (χ1v) is 4.81. The third-order valence-electron chi connectivity index (χ3n) is 1.38. The Bertz CT molecular complexity index is 344. The molecule has 0 aliphatic heterocycles. The van der Waals surface area contributed by atoms with Gasteiger partial charge in [0.1, 0.15) is 0 Å². The molecule has 5 heteroatoms. The third kappa shape index (κ3) is 2.38. The number of carbonyl (C=O) groups excluding carboxylic acids is 1. The summed E-state index contributed by atoms with van der Waals surface area (Å²) in [5.74, 6) is -3.91. The minimum atomic E-state index is -1.48. The van der Waals surface area contributed by atoms with Gasteiger partial charge in [0, 0.05) is 0 Å². The predicted octanol–water partition coefficient (Wildman–Crippen LogP) is 2.92. The van der Waals surface area contributed by atoms with Crippen LogP contribution in [0, 0.1) is 0 Å². The molecule has 0 fully saturated rings. The summed E-state index contributed by atoms with van der Waals surface area (Å²) in [7, 11) is 0. The van der Waals surface area contributed by atoms with Crippen molar-refractivity contribution in [3.63, 3.8) is 0 Å². The van der Waals surface area contributed by atoms with Crippen LogP contribution in [0.15, 0.2) is 23.3 Å². The summed E-state index contributed by atoms with van der Waals surface area (Å²) in [6.07, 6.45) is 0. The van der Waals surface area contributed by atoms with E-state index in [1.807, 2.05) is 0 Å². The first kappa shape index (κ1) is 10.8. The molecule has 0 aliphatic rings. The van der Waals surface area contributed by atoms with Crippen LogP contribution in [-0.4, -0.2) is 12.6 Å². The van der Waals surface area contributed by atoms with Crippen molar-refractivity contribution >= 4 is 23.1 Å². The summed E-state index contributed by atoms with van der Waals surface area (Å²) in [6.45, 7) is 1.54. The van der Waals surface area contributed by atoms with Crippen molar-refractivity contribution in [1.29, 1.82) is 0 Å². The zero-order valence-corrected chi connectivity index (χ0v) is 8.24. The molecule has 0 amide bonds. The number of rotatable bonds is 3. The number of thiophene rings is 1. The normalized spacial score (nSPS) is 12.2. The molecule has 14 heavy (non-hydrogen) atoms. The molecule has 0 radical (unpaired) electrons. The molecule has 0 spiro atoms. The van der Waals surface area contributed by atoms with Crippen molar-refractivity contribution in [1.82, 2.24) is 0 Å². The standard InChI is InChI=1S/C9H8F2O2S/c1-2-13-9(12)8(11)7(10)6-4-3-5-14-6/h3-5H,2H2,1H3. The van der Waals surface area contributed by atoms with Gasteiger partial charge in [-0.05, 0) is 18.4 Å². The number of carbonyl (C=O) groups is 1. The van der Waals surface area contributed by atoms with Crippen molar-refractivity contribution in [2.45, 2.75) is 6.92 Å². The Kier molecular flexibility index (Phi) is 3.76. The molecule has 2 nitrogen and oxygen atoms in total. The van der Waals surface area contributed by atoms with Gasteiger partial charge < -0.3 is 4.74 Å². The molecule has 1 rings (SSSR count). The minimum absolute atomic E-state index is 0.0178. The Morgan fingerprint density at radius 1 is 1.57 bits per heavy atom. The molecule has 76 valence electrons. The van der Waals surface area contributed by atoms with Crippen LogP contribution in [0.4, 0.5) is 8.78 Å². The topological polar surface area (TPSA) is 26.3 Å². The number of ether oxygens (including phenoxy) is 1. The van der Waals surface area contributed by atoms with Gasteiger partial charge in [-0.1, -0.05) is 6.07 Å². The smallest absolute Gasteiger partial charge is 0.370 e. The van der Waals surface area contributed by atoms with E-state index in [-0.39, 0.29) is 11.5 Å². The second-order valence-corrected chi connectivity index (χ2v) is 3.27. The highest BCUT2D eigenvalue weighted by molar-refractivity contribution is 7.11. The van der Waals surface area contributed by atoms with Crippen LogP contribution in [-0.2, 0) is 9.53 Å². The van der Waals surface area contributed by atoms with Gasteiger partial charge in [-0.2, -0.15) is 4.39 Å². The molecular weight excluding hydrogens is 210 g/mol. The molecule has 0 unspecified atom stereocenters. The van der Waals surface area contributed by atoms with Crippen LogP contribution < -0.4 is 0 Å². The lowest BCUT2D eigenvalue weighted by atomic mass is 10.3. The van der Waals surface area contributed by atoms with Crippen LogP contribution in [0.25, 0.3) is 5.83 Å². The fourth-order valence-electron chi connectivity index (χ4n) is 0.796. The highest BCUT2D eigenvalue weighted by atomic mass is 32.1. The zero-order chi connectivity index (χ0) is 10.6. The van der Waals surface area contributed by atoms with Gasteiger partial charge in [-0.15, -0.1) is 11.3 Å². The third-order valence-corrected chi connectivity index (χ3v) is 2.25.